The summed E-state index contributed by atoms with van der Waals surface area (Å²) in [5.41, 5.74) is -0.839. The molecular formula is C15H25NO5. The number of carbonyl (C=O) groups is 3. The first-order valence-electron chi connectivity index (χ1n) is 7.39. The second-order valence-corrected chi connectivity index (χ2v) is 5.85. The van der Waals surface area contributed by atoms with Crippen LogP contribution in [-0.4, -0.2) is 49.0 Å². The molecule has 2 atom stereocenters. The lowest BCUT2D eigenvalue weighted by molar-refractivity contribution is -0.163. The molecule has 120 valence electrons. The van der Waals surface area contributed by atoms with E-state index in [2.05, 4.69) is 0 Å². The van der Waals surface area contributed by atoms with Crippen LogP contribution >= 0.6 is 0 Å². The first-order chi connectivity index (χ1) is 9.80. The highest BCUT2D eigenvalue weighted by molar-refractivity contribution is 5.80. The van der Waals surface area contributed by atoms with Crippen LogP contribution in [0.4, 0.5) is 0 Å². The second-order valence-electron chi connectivity index (χ2n) is 5.85. The Morgan fingerprint density at radius 1 is 1.38 bits per heavy atom. The maximum atomic E-state index is 12.1. The minimum absolute atomic E-state index is 0.0113. The fourth-order valence-electron chi connectivity index (χ4n) is 2.11. The van der Waals surface area contributed by atoms with Gasteiger partial charge in [-0.25, -0.2) is 0 Å². The number of likely N-dealkylation sites (tertiary alicyclic amines) is 1. The van der Waals surface area contributed by atoms with Gasteiger partial charge in [0.05, 0.1) is 12.0 Å². The lowest BCUT2D eigenvalue weighted by Gasteiger charge is -2.25. The molecule has 1 rings (SSSR count). The van der Waals surface area contributed by atoms with Crippen molar-refractivity contribution in [2.45, 2.75) is 40.5 Å². The van der Waals surface area contributed by atoms with Gasteiger partial charge in [0.15, 0.2) is 0 Å². The van der Waals surface area contributed by atoms with E-state index >= 15 is 0 Å². The zero-order valence-corrected chi connectivity index (χ0v) is 13.3. The van der Waals surface area contributed by atoms with E-state index in [1.807, 2.05) is 13.8 Å². The van der Waals surface area contributed by atoms with Crippen LogP contribution in [0.25, 0.3) is 0 Å². The predicted octanol–water partition coefficient (Wildman–Crippen LogP) is 1.38. The van der Waals surface area contributed by atoms with Crippen molar-refractivity contribution >= 4 is 17.8 Å². The van der Waals surface area contributed by atoms with Gasteiger partial charge >= 0.3 is 11.9 Å². The van der Waals surface area contributed by atoms with Gasteiger partial charge in [-0.1, -0.05) is 13.8 Å². The minimum Gasteiger partial charge on any atom is -0.465 e. The highest BCUT2D eigenvalue weighted by Gasteiger charge is 2.35. The summed E-state index contributed by atoms with van der Waals surface area (Å²) in [6.07, 6.45) is 1.37. The van der Waals surface area contributed by atoms with E-state index in [1.165, 1.54) is 6.92 Å². The van der Waals surface area contributed by atoms with E-state index in [-0.39, 0.29) is 25.0 Å². The molecule has 2 unspecified atom stereocenters. The van der Waals surface area contributed by atoms with Crippen molar-refractivity contribution in [2.75, 3.05) is 26.3 Å². The zero-order chi connectivity index (χ0) is 16.0. The molecule has 1 amide bonds. The van der Waals surface area contributed by atoms with Gasteiger partial charge < -0.3 is 14.4 Å². The summed E-state index contributed by atoms with van der Waals surface area (Å²) in [4.78, 5) is 36.4. The zero-order valence-electron chi connectivity index (χ0n) is 13.3. The molecule has 1 aliphatic heterocycles. The standard InChI is InChI=1S/C15H25NO5/c1-5-15(4,10-21-12(3)17)14(19)20-9-8-16-7-6-11(2)13(16)18/h11H,5-10H2,1-4H3. The molecule has 0 aromatic rings. The summed E-state index contributed by atoms with van der Waals surface area (Å²) in [6, 6.07) is 0. The molecule has 0 aromatic carbocycles. The lowest BCUT2D eigenvalue weighted by atomic mass is 9.89. The molecule has 6 heteroatoms. The number of hydrogen-bond acceptors (Lipinski definition) is 5. The van der Waals surface area contributed by atoms with Crippen molar-refractivity contribution in [2.24, 2.45) is 11.3 Å². The van der Waals surface area contributed by atoms with E-state index in [0.717, 1.165) is 13.0 Å². The molecular weight excluding hydrogens is 274 g/mol. The highest BCUT2D eigenvalue weighted by Crippen LogP contribution is 2.24. The van der Waals surface area contributed by atoms with Gasteiger partial charge in [-0.05, 0) is 19.8 Å². The third kappa shape index (κ3) is 4.72. The van der Waals surface area contributed by atoms with Crippen molar-refractivity contribution in [3.8, 4) is 0 Å². The maximum absolute atomic E-state index is 12.1. The number of carbonyl (C=O) groups excluding carboxylic acids is 3. The van der Waals surface area contributed by atoms with Crippen molar-refractivity contribution in [3.63, 3.8) is 0 Å². The Bertz CT molecular complexity index is 409. The second kappa shape index (κ2) is 7.43. The van der Waals surface area contributed by atoms with E-state index in [0.29, 0.717) is 13.0 Å². The van der Waals surface area contributed by atoms with Crippen LogP contribution in [0.3, 0.4) is 0 Å². The number of ether oxygens (including phenoxy) is 2. The lowest BCUT2D eigenvalue weighted by Crippen LogP contribution is -2.37. The third-order valence-corrected chi connectivity index (χ3v) is 4.03. The molecule has 0 N–H and O–H groups in total. The fourth-order valence-corrected chi connectivity index (χ4v) is 2.11. The Balaban J connectivity index is 2.40. The number of nitrogens with zero attached hydrogens (tertiary/aromatic N) is 1. The Labute approximate surface area is 125 Å². The van der Waals surface area contributed by atoms with Crippen LogP contribution in [0.1, 0.15) is 40.5 Å². The Hall–Kier alpha value is -1.59. The third-order valence-electron chi connectivity index (χ3n) is 4.03. The quantitative estimate of drug-likeness (QED) is 0.664. The normalized spacial score (nSPS) is 21.0. The van der Waals surface area contributed by atoms with Crippen LogP contribution in [0.2, 0.25) is 0 Å². The fraction of sp³-hybridized carbons (Fsp3) is 0.800. The molecule has 0 saturated carbocycles. The summed E-state index contributed by atoms with van der Waals surface area (Å²) in [6.45, 7) is 8.09. The molecule has 1 saturated heterocycles. The monoisotopic (exact) mass is 299 g/mol. The van der Waals surface area contributed by atoms with E-state index in [9.17, 15) is 14.4 Å². The van der Waals surface area contributed by atoms with Crippen LogP contribution in [0.5, 0.6) is 0 Å². The number of hydrogen-bond donors (Lipinski definition) is 0. The van der Waals surface area contributed by atoms with Crippen molar-refractivity contribution in [1.82, 2.24) is 4.90 Å². The van der Waals surface area contributed by atoms with Gasteiger partial charge in [-0.2, -0.15) is 0 Å². The molecule has 0 aliphatic carbocycles. The summed E-state index contributed by atoms with van der Waals surface area (Å²) in [7, 11) is 0. The van der Waals surface area contributed by atoms with Crippen LogP contribution in [-0.2, 0) is 23.9 Å². The molecule has 1 fully saturated rings. The summed E-state index contributed by atoms with van der Waals surface area (Å²) in [5, 5.41) is 0. The minimum atomic E-state index is -0.839. The summed E-state index contributed by atoms with van der Waals surface area (Å²) >= 11 is 0. The maximum Gasteiger partial charge on any atom is 0.315 e. The van der Waals surface area contributed by atoms with Gasteiger partial charge in [0, 0.05) is 19.4 Å². The predicted molar refractivity (Wildman–Crippen MR) is 76.4 cm³/mol. The smallest absolute Gasteiger partial charge is 0.315 e. The molecule has 0 spiro atoms. The summed E-state index contributed by atoms with van der Waals surface area (Å²) in [5.74, 6) is -0.639. The molecule has 0 bridgehead atoms. The molecule has 21 heavy (non-hydrogen) atoms. The van der Waals surface area contributed by atoms with Crippen molar-refractivity contribution in [3.05, 3.63) is 0 Å². The highest BCUT2D eigenvalue weighted by atomic mass is 16.6. The Morgan fingerprint density at radius 2 is 2.05 bits per heavy atom. The molecule has 1 aliphatic rings. The topological polar surface area (TPSA) is 72.9 Å². The number of amides is 1. The van der Waals surface area contributed by atoms with Crippen LogP contribution in [0, 0.1) is 11.3 Å². The van der Waals surface area contributed by atoms with E-state index < -0.39 is 17.4 Å². The SMILES string of the molecule is CCC(C)(COC(C)=O)C(=O)OCCN1CCC(C)C1=O. The molecule has 6 nitrogen and oxygen atoms in total. The first kappa shape index (κ1) is 17.5. The largest absolute Gasteiger partial charge is 0.465 e. The molecule has 0 radical (unpaired) electrons. The Morgan fingerprint density at radius 3 is 2.52 bits per heavy atom. The van der Waals surface area contributed by atoms with Gasteiger partial charge in [-0.15, -0.1) is 0 Å². The van der Waals surface area contributed by atoms with Crippen LogP contribution in [0.15, 0.2) is 0 Å². The van der Waals surface area contributed by atoms with Gasteiger partial charge in [0.2, 0.25) is 5.91 Å². The Kier molecular flexibility index (Phi) is 6.18. The molecule has 1 heterocycles. The number of rotatable bonds is 7. The molecule has 0 aromatic heterocycles. The average Bonchev–Trinajstić information content (AvgIpc) is 2.76. The van der Waals surface area contributed by atoms with Gasteiger partial charge in [0.25, 0.3) is 0 Å². The number of esters is 2. The van der Waals surface area contributed by atoms with Crippen molar-refractivity contribution in [1.29, 1.82) is 0 Å². The summed E-state index contributed by atoms with van der Waals surface area (Å²) < 4.78 is 10.2. The average molecular weight is 299 g/mol. The van der Waals surface area contributed by atoms with Crippen LogP contribution < -0.4 is 0 Å². The van der Waals surface area contributed by atoms with Crippen molar-refractivity contribution < 1.29 is 23.9 Å². The van der Waals surface area contributed by atoms with Gasteiger partial charge in [-0.3, -0.25) is 14.4 Å². The van der Waals surface area contributed by atoms with Gasteiger partial charge in [0.1, 0.15) is 13.2 Å². The van der Waals surface area contributed by atoms with E-state index in [1.54, 1.807) is 11.8 Å². The first-order valence-corrected chi connectivity index (χ1v) is 7.39. The van der Waals surface area contributed by atoms with E-state index in [4.69, 9.17) is 9.47 Å².